The zero-order chi connectivity index (χ0) is 26.2. The van der Waals surface area contributed by atoms with Crippen LogP contribution in [-0.2, 0) is 6.37 Å². The topological polar surface area (TPSA) is 25.8 Å². The molecule has 0 aliphatic carbocycles. The van der Waals surface area contributed by atoms with Crippen LogP contribution in [0.25, 0.3) is 42.2 Å². The third-order valence-electron chi connectivity index (χ3n) is 5.39. The molecule has 0 saturated carbocycles. The Morgan fingerprint density at radius 1 is 0.903 bits per heavy atom. The minimum absolute atomic E-state index is 0.0110. The molecule has 3 heteroatoms. The molecule has 2 aromatic heterocycles. The summed E-state index contributed by atoms with van der Waals surface area (Å²) in [6, 6.07) is 15.8. The molecule has 0 amide bonds. The van der Waals surface area contributed by atoms with Crippen LogP contribution in [0.15, 0.2) is 48.5 Å². The van der Waals surface area contributed by atoms with Gasteiger partial charge < -0.3 is 0 Å². The predicted octanol–water partition coefficient (Wildman–Crippen LogP) is 8.18. The Bertz CT molecular complexity index is 1640. The van der Waals surface area contributed by atoms with E-state index in [2.05, 4.69) is 28.4 Å². The van der Waals surface area contributed by atoms with Crippen LogP contribution in [-0.4, -0.2) is 10.2 Å². The van der Waals surface area contributed by atoms with Crippen molar-refractivity contribution in [1.82, 2.24) is 10.2 Å². The fourth-order valence-electron chi connectivity index (χ4n) is 4.29. The van der Waals surface area contributed by atoms with Gasteiger partial charge in [-0.05, 0) is 61.0 Å². The molecule has 0 radical (unpaired) electrons. The van der Waals surface area contributed by atoms with Crippen LogP contribution in [0, 0.1) is 26.1 Å². The van der Waals surface area contributed by atoms with Crippen molar-refractivity contribution in [2.24, 2.45) is 5.41 Å². The first-order chi connectivity index (χ1) is 16.7. The number of hydrogen-bond donors (Lipinski definition) is 0. The molecule has 5 rings (SSSR count). The van der Waals surface area contributed by atoms with E-state index in [-0.39, 0.29) is 5.69 Å². The molecule has 0 spiro atoms. The van der Waals surface area contributed by atoms with Gasteiger partial charge >= 0.3 is 0 Å². The van der Waals surface area contributed by atoms with Crippen molar-refractivity contribution in [2.45, 2.75) is 47.8 Å². The number of rotatable bonds is 2. The van der Waals surface area contributed by atoms with Crippen molar-refractivity contribution in [3.63, 3.8) is 0 Å². The van der Waals surface area contributed by atoms with Crippen molar-refractivity contribution < 1.29 is 6.85 Å². The van der Waals surface area contributed by atoms with E-state index in [0.717, 1.165) is 42.2 Å². The fraction of sp³-hybridized carbons (Fsp3) is 0.286. The molecule has 0 aliphatic rings. The lowest BCUT2D eigenvalue weighted by atomic mass is 9.87. The Hall–Kier alpha value is -2.78. The second-order valence-electron chi connectivity index (χ2n) is 9.33. The highest BCUT2D eigenvalue weighted by Crippen LogP contribution is 2.43. The van der Waals surface area contributed by atoms with Gasteiger partial charge in [0.25, 0.3) is 0 Å². The van der Waals surface area contributed by atoms with Gasteiger partial charge in [0.05, 0.1) is 10.4 Å². The van der Waals surface area contributed by atoms with Gasteiger partial charge in [0.2, 0.25) is 0 Å². The third kappa shape index (κ3) is 3.61. The second kappa shape index (κ2) is 7.13. The number of hydrogen-bond acceptors (Lipinski definition) is 3. The molecule has 5 aromatic rings. The Balaban J connectivity index is 1.85. The van der Waals surface area contributed by atoms with E-state index < -0.39 is 18.6 Å². The molecule has 156 valence electrons. The van der Waals surface area contributed by atoms with Gasteiger partial charge in [0, 0.05) is 27.9 Å². The maximum Gasteiger partial charge on any atom is 0.111 e. The Kier molecular flexibility index (Phi) is 3.47. The van der Waals surface area contributed by atoms with Crippen LogP contribution in [0.2, 0.25) is 0 Å². The summed E-state index contributed by atoms with van der Waals surface area (Å²) in [7, 11) is 0. The second-order valence-corrected chi connectivity index (χ2v) is 10.4. The smallest absolute Gasteiger partial charge is 0.111 e. The van der Waals surface area contributed by atoms with Crippen LogP contribution in [0.3, 0.4) is 0 Å². The van der Waals surface area contributed by atoms with Crippen molar-refractivity contribution in [3.05, 3.63) is 70.9 Å². The lowest BCUT2D eigenvalue weighted by Gasteiger charge is -2.18. The van der Waals surface area contributed by atoms with Gasteiger partial charge in [-0.25, -0.2) is 0 Å². The molecule has 2 heterocycles. The van der Waals surface area contributed by atoms with Crippen LogP contribution in [0.1, 0.15) is 50.0 Å². The molecule has 0 atom stereocenters. The summed E-state index contributed by atoms with van der Waals surface area (Å²) < 4.78 is 43.5. The highest BCUT2D eigenvalue weighted by molar-refractivity contribution is 7.27. The van der Waals surface area contributed by atoms with E-state index in [1.165, 1.54) is 11.3 Å². The lowest BCUT2D eigenvalue weighted by Crippen LogP contribution is -2.08. The normalized spacial score (nSPS) is 15.6. The van der Waals surface area contributed by atoms with Gasteiger partial charge in [-0.2, -0.15) is 5.10 Å². The van der Waals surface area contributed by atoms with Crippen LogP contribution in [0.5, 0.6) is 0 Å². The average Bonchev–Trinajstić information content (AvgIpc) is 3.15. The first-order valence-electron chi connectivity index (χ1n) is 12.9. The summed E-state index contributed by atoms with van der Waals surface area (Å²) >= 11 is 1.53. The standard InChI is InChI=1S/C28H28N2S/c1-16-11-17(2)13-21(12-16)25-27-24(18(3)29-30-25)23-10-8-20-14-19(15-28(4,5)6)7-9-22(20)26(23)31-27/h7-14H,15H2,1-6H3/i3D3,15D2. The van der Waals surface area contributed by atoms with E-state index in [0.29, 0.717) is 16.6 Å². The number of aryl methyl sites for hydroxylation is 3. The van der Waals surface area contributed by atoms with E-state index in [4.69, 9.17) is 6.85 Å². The van der Waals surface area contributed by atoms with Gasteiger partial charge in [0.15, 0.2) is 0 Å². The molecule has 31 heavy (non-hydrogen) atoms. The molecule has 0 N–H and O–H groups in total. The van der Waals surface area contributed by atoms with Crippen molar-refractivity contribution in [2.75, 3.05) is 0 Å². The summed E-state index contributed by atoms with van der Waals surface area (Å²) in [5, 5.41) is 12.0. The number of nitrogens with zero attached hydrogens (tertiary/aromatic N) is 2. The zero-order valence-electron chi connectivity index (χ0n) is 23.4. The monoisotopic (exact) mass is 429 g/mol. The SMILES string of the molecule is [2H]C([2H])([2H])c1nnc(-c2cc(C)cc(C)c2)c2sc3c4ccc(C([2H])([2H])C(C)(C)C)cc4ccc3c12. The quantitative estimate of drug-likeness (QED) is 0.283. The highest BCUT2D eigenvalue weighted by Gasteiger charge is 2.18. The molecule has 0 saturated heterocycles. The summed E-state index contributed by atoms with van der Waals surface area (Å²) in [6.45, 7) is 7.36. The lowest BCUT2D eigenvalue weighted by molar-refractivity contribution is 0.411. The van der Waals surface area contributed by atoms with E-state index in [1.807, 2.05) is 65.0 Å². The van der Waals surface area contributed by atoms with Crippen molar-refractivity contribution in [3.8, 4) is 11.3 Å². The first kappa shape index (κ1) is 15.1. The molecule has 2 nitrogen and oxygen atoms in total. The summed E-state index contributed by atoms with van der Waals surface area (Å²) in [6.07, 6.45) is -1.51. The Morgan fingerprint density at radius 3 is 2.35 bits per heavy atom. The molecule has 0 aliphatic heterocycles. The molecule has 3 aromatic carbocycles. The van der Waals surface area contributed by atoms with E-state index >= 15 is 0 Å². The third-order valence-corrected chi connectivity index (χ3v) is 6.63. The highest BCUT2D eigenvalue weighted by atomic mass is 32.1. The van der Waals surface area contributed by atoms with Crippen LogP contribution >= 0.6 is 11.3 Å². The average molecular weight is 430 g/mol. The first-order valence-corrected chi connectivity index (χ1v) is 11.3. The summed E-state index contributed by atoms with van der Waals surface area (Å²) in [4.78, 5) is 0. The van der Waals surface area contributed by atoms with Crippen LogP contribution < -0.4 is 0 Å². The summed E-state index contributed by atoms with van der Waals surface area (Å²) in [5.41, 5.74) is 3.88. The maximum atomic E-state index is 8.69. The number of benzene rings is 3. The molecular weight excluding hydrogens is 396 g/mol. The molecule has 0 bridgehead atoms. The minimum Gasteiger partial charge on any atom is -0.155 e. The van der Waals surface area contributed by atoms with E-state index in [9.17, 15) is 0 Å². The largest absolute Gasteiger partial charge is 0.155 e. The van der Waals surface area contributed by atoms with E-state index in [1.54, 1.807) is 0 Å². The molecular formula is C28H28N2S. The zero-order valence-corrected chi connectivity index (χ0v) is 19.2. The van der Waals surface area contributed by atoms with Gasteiger partial charge in [-0.15, -0.1) is 16.4 Å². The minimum atomic E-state index is -2.40. The Labute approximate surface area is 195 Å². The number of thiophene rings is 1. The molecule has 0 fully saturated rings. The maximum absolute atomic E-state index is 8.69. The van der Waals surface area contributed by atoms with Gasteiger partial charge in [0.1, 0.15) is 5.69 Å². The van der Waals surface area contributed by atoms with Crippen molar-refractivity contribution in [1.29, 1.82) is 0 Å². The van der Waals surface area contributed by atoms with Crippen LogP contribution in [0.4, 0.5) is 0 Å². The molecule has 0 unspecified atom stereocenters. The Morgan fingerprint density at radius 2 is 1.65 bits per heavy atom. The predicted molar refractivity (Wildman–Crippen MR) is 135 cm³/mol. The summed E-state index contributed by atoms with van der Waals surface area (Å²) in [5.74, 6) is 0. The van der Waals surface area contributed by atoms with Crippen molar-refractivity contribution >= 4 is 42.3 Å². The van der Waals surface area contributed by atoms with Gasteiger partial charge in [-0.3, -0.25) is 0 Å². The number of aromatic nitrogens is 2. The number of fused-ring (bicyclic) bond motifs is 5. The van der Waals surface area contributed by atoms with Gasteiger partial charge in [-0.1, -0.05) is 68.3 Å². The fourth-order valence-corrected chi connectivity index (χ4v) is 5.64.